The van der Waals surface area contributed by atoms with Crippen LogP contribution in [0.25, 0.3) is 0 Å². The highest BCUT2D eigenvalue weighted by Gasteiger charge is 2.20. The summed E-state index contributed by atoms with van der Waals surface area (Å²) in [4.78, 5) is 39.5. The van der Waals surface area contributed by atoms with Gasteiger partial charge in [-0.15, -0.1) is 0 Å². The molecule has 1 heterocycles. The molecule has 0 aliphatic heterocycles. The molecule has 1 aromatic heterocycles. The van der Waals surface area contributed by atoms with Gasteiger partial charge in [-0.05, 0) is 24.3 Å². The smallest absolute Gasteiger partial charge is 0.290 e. The van der Waals surface area contributed by atoms with E-state index in [1.54, 1.807) is 44.4 Å². The van der Waals surface area contributed by atoms with E-state index in [2.05, 4.69) is 10.6 Å². The van der Waals surface area contributed by atoms with Crippen molar-refractivity contribution in [2.45, 2.75) is 0 Å². The Bertz CT molecular complexity index is 1210. The summed E-state index contributed by atoms with van der Waals surface area (Å²) < 4.78 is 2.34. The Morgan fingerprint density at radius 1 is 0.867 bits per heavy atom. The van der Waals surface area contributed by atoms with Crippen LogP contribution >= 0.6 is 0 Å². The van der Waals surface area contributed by atoms with E-state index in [0.29, 0.717) is 5.69 Å². The van der Waals surface area contributed by atoms with E-state index < -0.39 is 17.0 Å². The fourth-order valence-electron chi connectivity index (χ4n) is 2.90. The molecule has 9 nitrogen and oxygen atoms in total. The average molecular weight is 409 g/mol. The summed E-state index contributed by atoms with van der Waals surface area (Å²) in [5.41, 5.74) is -0.133. The molecule has 3 aromatic rings. The molecule has 0 saturated carbocycles. The molecule has 3 rings (SSSR count). The van der Waals surface area contributed by atoms with Crippen molar-refractivity contribution in [1.82, 2.24) is 14.3 Å². The molecule has 0 fully saturated rings. The molecule has 9 heteroatoms. The predicted molar refractivity (Wildman–Crippen MR) is 116 cm³/mol. The van der Waals surface area contributed by atoms with E-state index in [0.717, 1.165) is 4.68 Å². The number of nitrogens with one attached hydrogen (secondary N) is 2. The number of carbonyl (C=O) groups excluding carboxylic acids is 1. The highest BCUT2D eigenvalue weighted by Crippen LogP contribution is 2.32. The van der Waals surface area contributed by atoms with Crippen molar-refractivity contribution in [3.63, 3.8) is 0 Å². The van der Waals surface area contributed by atoms with Gasteiger partial charge in [0.15, 0.2) is 5.75 Å². The number of nitrogens with zero attached hydrogens (tertiary/aromatic N) is 3. The van der Waals surface area contributed by atoms with Crippen molar-refractivity contribution in [3.8, 4) is 5.75 Å². The fourth-order valence-corrected chi connectivity index (χ4v) is 2.90. The lowest BCUT2D eigenvalue weighted by Gasteiger charge is -2.18. The van der Waals surface area contributed by atoms with Crippen molar-refractivity contribution in [2.24, 2.45) is 14.1 Å². The van der Waals surface area contributed by atoms with Crippen LogP contribution in [-0.4, -0.2) is 39.4 Å². The van der Waals surface area contributed by atoms with Crippen molar-refractivity contribution in [1.29, 1.82) is 0 Å². The largest absolute Gasteiger partial charge is 0.505 e. The van der Waals surface area contributed by atoms with Crippen LogP contribution in [0.2, 0.25) is 0 Å². The first-order chi connectivity index (χ1) is 14.2. The normalized spacial score (nSPS) is 10.5. The second-order valence-corrected chi connectivity index (χ2v) is 6.92. The van der Waals surface area contributed by atoms with Crippen LogP contribution in [0, 0.1) is 0 Å². The third-order valence-corrected chi connectivity index (χ3v) is 4.69. The monoisotopic (exact) mass is 409 g/mol. The molecule has 0 atom stereocenters. The lowest BCUT2D eigenvalue weighted by molar-refractivity contribution is 0.0824. The molecule has 2 aromatic carbocycles. The number of carbonyl (C=O) groups is 1. The molecule has 0 aliphatic rings. The summed E-state index contributed by atoms with van der Waals surface area (Å²) in [5.74, 6) is -0.708. The van der Waals surface area contributed by atoms with Crippen LogP contribution < -0.4 is 21.8 Å². The molecule has 0 spiro atoms. The second-order valence-electron chi connectivity index (χ2n) is 6.92. The lowest BCUT2D eigenvalue weighted by Crippen LogP contribution is -2.37. The molecule has 1 amide bonds. The second kappa shape index (κ2) is 8.16. The molecular weight excluding hydrogens is 386 g/mol. The van der Waals surface area contributed by atoms with Gasteiger partial charge in [0.1, 0.15) is 11.4 Å². The summed E-state index contributed by atoms with van der Waals surface area (Å²) in [6.45, 7) is 0. The van der Waals surface area contributed by atoms with Crippen LogP contribution in [0.1, 0.15) is 10.4 Å². The van der Waals surface area contributed by atoms with Gasteiger partial charge in [-0.3, -0.25) is 14.4 Å². The minimum absolute atomic E-state index is 0.0236. The third-order valence-electron chi connectivity index (χ3n) is 4.69. The zero-order valence-corrected chi connectivity index (χ0v) is 17.1. The number of benzene rings is 2. The topological polar surface area (TPSA) is 109 Å². The Hall–Kier alpha value is -4.01. The van der Waals surface area contributed by atoms with Gasteiger partial charge in [0.2, 0.25) is 0 Å². The summed E-state index contributed by atoms with van der Waals surface area (Å²) in [5, 5.41) is 16.4. The predicted octanol–water partition coefficient (Wildman–Crippen LogP) is 1.98. The summed E-state index contributed by atoms with van der Waals surface area (Å²) in [6, 6.07) is 13.5. The van der Waals surface area contributed by atoms with Gasteiger partial charge in [0.25, 0.3) is 17.0 Å². The Kier molecular flexibility index (Phi) is 5.63. The minimum Gasteiger partial charge on any atom is -0.505 e. The number of aromatic hydroxyl groups is 1. The zero-order chi connectivity index (χ0) is 22.0. The molecule has 0 saturated heterocycles. The van der Waals surface area contributed by atoms with Gasteiger partial charge in [-0.1, -0.05) is 24.3 Å². The summed E-state index contributed by atoms with van der Waals surface area (Å²) in [7, 11) is 6.09. The highest BCUT2D eigenvalue weighted by molar-refractivity contribution is 5.98. The molecule has 0 radical (unpaired) electrons. The van der Waals surface area contributed by atoms with Gasteiger partial charge >= 0.3 is 0 Å². The van der Waals surface area contributed by atoms with Crippen molar-refractivity contribution >= 4 is 28.7 Å². The van der Waals surface area contributed by atoms with Gasteiger partial charge in [-0.2, -0.15) is 0 Å². The highest BCUT2D eigenvalue weighted by atomic mass is 16.3. The van der Waals surface area contributed by atoms with Gasteiger partial charge in [-0.25, -0.2) is 9.36 Å². The molecule has 0 unspecified atom stereocenters. The number of aromatic nitrogens is 2. The Labute approximate surface area is 172 Å². The van der Waals surface area contributed by atoms with Crippen molar-refractivity contribution in [2.75, 3.05) is 24.7 Å². The molecule has 3 N–H and O–H groups in total. The molecular formula is C21H23N5O4. The number of rotatable bonds is 5. The van der Waals surface area contributed by atoms with Gasteiger partial charge < -0.3 is 20.6 Å². The van der Waals surface area contributed by atoms with Crippen molar-refractivity contribution < 1.29 is 9.90 Å². The van der Waals surface area contributed by atoms with Gasteiger partial charge in [0, 0.05) is 33.9 Å². The number of para-hydroxylation sites is 2. The first-order valence-corrected chi connectivity index (χ1v) is 9.15. The molecule has 0 bridgehead atoms. The number of hydrogen-bond donors (Lipinski definition) is 3. The number of amides is 1. The first kappa shape index (κ1) is 20.7. The molecule has 0 aliphatic carbocycles. The Morgan fingerprint density at radius 2 is 1.43 bits per heavy atom. The van der Waals surface area contributed by atoms with Crippen molar-refractivity contribution in [3.05, 3.63) is 74.8 Å². The van der Waals surface area contributed by atoms with Crippen LogP contribution in [0.4, 0.5) is 22.7 Å². The Morgan fingerprint density at radius 3 is 2.00 bits per heavy atom. The third kappa shape index (κ3) is 3.77. The molecule has 30 heavy (non-hydrogen) atoms. The number of phenolic OH excluding ortho intramolecular Hbond substituents is 1. The lowest BCUT2D eigenvalue weighted by atomic mass is 10.1. The minimum atomic E-state index is -0.487. The number of anilines is 4. The molecule has 156 valence electrons. The number of hydrogen-bond acceptors (Lipinski definition) is 6. The maximum absolute atomic E-state index is 12.9. The maximum Gasteiger partial charge on any atom is 0.290 e. The van der Waals surface area contributed by atoms with E-state index in [9.17, 15) is 19.5 Å². The van der Waals surface area contributed by atoms with Gasteiger partial charge in [0.05, 0.1) is 11.3 Å². The van der Waals surface area contributed by atoms with Crippen LogP contribution in [0.5, 0.6) is 5.75 Å². The van der Waals surface area contributed by atoms with E-state index in [-0.39, 0.29) is 28.4 Å². The summed E-state index contributed by atoms with van der Waals surface area (Å²) in [6.07, 6.45) is 0. The quantitative estimate of drug-likeness (QED) is 0.556. The zero-order valence-electron chi connectivity index (χ0n) is 17.1. The van der Waals surface area contributed by atoms with Crippen LogP contribution in [0.3, 0.4) is 0 Å². The average Bonchev–Trinajstić information content (AvgIpc) is 2.74. The van der Waals surface area contributed by atoms with E-state index >= 15 is 0 Å². The van der Waals surface area contributed by atoms with E-state index in [1.165, 1.54) is 35.8 Å². The van der Waals surface area contributed by atoms with Crippen LogP contribution in [0.15, 0.2) is 58.1 Å². The maximum atomic E-state index is 12.9. The SMILES string of the molecule is CN(C)C(=O)c1cccc(Nc2c(Nc3ccccc3)c(=O)n(C)n(C)c2=O)c1O. The summed E-state index contributed by atoms with van der Waals surface area (Å²) >= 11 is 0. The van der Waals surface area contributed by atoms with Crippen LogP contribution in [-0.2, 0) is 14.1 Å². The first-order valence-electron chi connectivity index (χ1n) is 9.15. The Balaban J connectivity index is 2.15. The fraction of sp³-hybridized carbons (Fsp3) is 0.190. The van der Waals surface area contributed by atoms with E-state index in [1.807, 2.05) is 6.07 Å². The standard InChI is InChI=1S/C21H23N5O4/c1-24(2)19(28)14-11-8-12-15(18(14)27)23-17-16(22-13-9-6-5-7-10-13)20(29)25(3)26(4)21(17)30/h5-12,22-23,27H,1-4H3. The van der Waals surface area contributed by atoms with E-state index in [4.69, 9.17) is 0 Å². The number of phenols is 1.